The molecule has 1 aliphatic rings. The molecule has 24 heavy (non-hydrogen) atoms. The third-order valence-corrected chi connectivity index (χ3v) is 4.73. The molecule has 1 aromatic carbocycles. The molecule has 0 saturated carbocycles. The first-order valence-corrected chi connectivity index (χ1v) is 8.47. The molecule has 128 valence electrons. The van der Waals surface area contributed by atoms with Crippen LogP contribution in [0.2, 0.25) is 5.02 Å². The second-order valence-corrected chi connectivity index (χ2v) is 6.76. The molecule has 2 heterocycles. The van der Waals surface area contributed by atoms with Gasteiger partial charge in [0, 0.05) is 49.5 Å². The van der Waals surface area contributed by atoms with Crippen LogP contribution < -0.4 is 5.56 Å². The standard InChI is InChI=1S/C18H22ClN3O2/c1-20-8-10-21(11-9-20)13-15-6-7-22(18(24)17(15)23)12-14-2-4-16(19)5-3-14/h2-7,23H,8-13H2,1H3. The Hall–Kier alpha value is -1.82. The van der Waals surface area contributed by atoms with E-state index in [1.165, 1.54) is 4.57 Å². The highest BCUT2D eigenvalue weighted by Crippen LogP contribution is 2.16. The first-order valence-electron chi connectivity index (χ1n) is 8.09. The number of likely N-dealkylation sites (N-methyl/N-ethyl adjacent to an activating group) is 1. The van der Waals surface area contributed by atoms with Crippen LogP contribution in [0.25, 0.3) is 0 Å². The topological polar surface area (TPSA) is 48.7 Å². The minimum absolute atomic E-state index is 0.148. The largest absolute Gasteiger partial charge is 0.503 e. The van der Waals surface area contributed by atoms with E-state index in [1.54, 1.807) is 18.3 Å². The summed E-state index contributed by atoms with van der Waals surface area (Å²) in [5, 5.41) is 11.0. The Bertz CT molecular complexity index is 750. The van der Waals surface area contributed by atoms with Crippen molar-refractivity contribution in [3.63, 3.8) is 0 Å². The summed E-state index contributed by atoms with van der Waals surface area (Å²) in [6, 6.07) is 9.19. The van der Waals surface area contributed by atoms with E-state index < -0.39 is 0 Å². The van der Waals surface area contributed by atoms with Crippen LogP contribution in [0, 0.1) is 0 Å². The summed E-state index contributed by atoms with van der Waals surface area (Å²) in [7, 11) is 2.10. The van der Waals surface area contributed by atoms with E-state index >= 15 is 0 Å². The fourth-order valence-electron chi connectivity index (χ4n) is 2.89. The van der Waals surface area contributed by atoms with Crippen LogP contribution in [0.4, 0.5) is 0 Å². The molecular formula is C18H22ClN3O2. The average Bonchev–Trinajstić information content (AvgIpc) is 2.58. The summed E-state index contributed by atoms with van der Waals surface area (Å²) in [4.78, 5) is 17.0. The highest BCUT2D eigenvalue weighted by molar-refractivity contribution is 6.30. The number of pyridine rings is 1. The Balaban J connectivity index is 1.73. The predicted octanol–water partition coefficient (Wildman–Crippen LogP) is 2.00. The number of hydrogen-bond acceptors (Lipinski definition) is 4. The lowest BCUT2D eigenvalue weighted by atomic mass is 10.2. The fraction of sp³-hybridized carbons (Fsp3) is 0.389. The molecule has 1 N–H and O–H groups in total. The van der Waals surface area contributed by atoms with Crippen molar-refractivity contribution in [1.82, 2.24) is 14.4 Å². The molecule has 0 radical (unpaired) electrons. The van der Waals surface area contributed by atoms with Crippen LogP contribution in [-0.4, -0.2) is 52.7 Å². The quantitative estimate of drug-likeness (QED) is 0.919. The number of halogens is 1. The van der Waals surface area contributed by atoms with Crippen molar-refractivity contribution in [3.8, 4) is 5.75 Å². The monoisotopic (exact) mass is 347 g/mol. The van der Waals surface area contributed by atoms with E-state index in [1.807, 2.05) is 18.2 Å². The van der Waals surface area contributed by atoms with Crippen LogP contribution in [0.5, 0.6) is 5.75 Å². The molecule has 1 saturated heterocycles. The van der Waals surface area contributed by atoms with Gasteiger partial charge in [0.2, 0.25) is 0 Å². The lowest BCUT2D eigenvalue weighted by Gasteiger charge is -2.32. The van der Waals surface area contributed by atoms with Gasteiger partial charge in [-0.1, -0.05) is 23.7 Å². The van der Waals surface area contributed by atoms with Crippen molar-refractivity contribution in [2.75, 3.05) is 33.2 Å². The van der Waals surface area contributed by atoms with Gasteiger partial charge in [-0.15, -0.1) is 0 Å². The lowest BCUT2D eigenvalue weighted by Crippen LogP contribution is -2.44. The number of aromatic nitrogens is 1. The van der Waals surface area contributed by atoms with Gasteiger partial charge in [-0.2, -0.15) is 0 Å². The molecule has 0 spiro atoms. The van der Waals surface area contributed by atoms with Gasteiger partial charge in [-0.25, -0.2) is 0 Å². The van der Waals surface area contributed by atoms with Crippen molar-refractivity contribution >= 4 is 11.6 Å². The molecule has 0 unspecified atom stereocenters. The van der Waals surface area contributed by atoms with Gasteiger partial charge >= 0.3 is 0 Å². The molecule has 0 amide bonds. The maximum atomic E-state index is 12.4. The highest BCUT2D eigenvalue weighted by atomic mass is 35.5. The number of aromatic hydroxyl groups is 1. The summed E-state index contributed by atoms with van der Waals surface area (Å²) in [6.45, 7) is 4.94. The SMILES string of the molecule is CN1CCN(Cc2ccn(Cc3ccc(Cl)cc3)c(=O)c2O)CC1. The smallest absolute Gasteiger partial charge is 0.293 e. The number of rotatable bonds is 4. The van der Waals surface area contributed by atoms with Crippen LogP contribution in [0.15, 0.2) is 41.3 Å². The zero-order chi connectivity index (χ0) is 17.1. The summed E-state index contributed by atoms with van der Waals surface area (Å²) in [5.41, 5.74) is 1.31. The Kier molecular flexibility index (Phi) is 5.23. The third kappa shape index (κ3) is 3.98. The Morgan fingerprint density at radius 1 is 1.04 bits per heavy atom. The maximum absolute atomic E-state index is 12.4. The second-order valence-electron chi connectivity index (χ2n) is 6.33. The number of hydrogen-bond donors (Lipinski definition) is 1. The second kappa shape index (κ2) is 7.38. The van der Waals surface area contributed by atoms with Gasteiger partial charge in [0.25, 0.3) is 5.56 Å². The van der Waals surface area contributed by atoms with Crippen molar-refractivity contribution in [3.05, 3.63) is 63.0 Å². The molecule has 0 aliphatic carbocycles. The van der Waals surface area contributed by atoms with Crippen LogP contribution in [0.3, 0.4) is 0 Å². The van der Waals surface area contributed by atoms with E-state index in [9.17, 15) is 9.90 Å². The fourth-order valence-corrected chi connectivity index (χ4v) is 3.01. The Morgan fingerprint density at radius 2 is 1.71 bits per heavy atom. The average molecular weight is 348 g/mol. The van der Waals surface area contributed by atoms with E-state index in [2.05, 4.69) is 16.8 Å². The molecule has 2 aromatic rings. The number of piperazine rings is 1. The maximum Gasteiger partial charge on any atom is 0.293 e. The van der Waals surface area contributed by atoms with Crippen molar-refractivity contribution in [2.24, 2.45) is 0 Å². The molecule has 3 rings (SSSR count). The molecule has 1 aliphatic heterocycles. The van der Waals surface area contributed by atoms with E-state index in [0.29, 0.717) is 23.7 Å². The Labute approximate surface area is 146 Å². The number of nitrogens with zero attached hydrogens (tertiary/aromatic N) is 3. The summed E-state index contributed by atoms with van der Waals surface area (Å²) in [6.07, 6.45) is 1.75. The summed E-state index contributed by atoms with van der Waals surface area (Å²) in [5.74, 6) is -0.148. The van der Waals surface area contributed by atoms with Crippen LogP contribution in [-0.2, 0) is 13.1 Å². The Morgan fingerprint density at radius 3 is 2.38 bits per heavy atom. The molecule has 6 heteroatoms. The van der Waals surface area contributed by atoms with Gasteiger partial charge in [-0.05, 0) is 30.8 Å². The van der Waals surface area contributed by atoms with Crippen LogP contribution >= 0.6 is 11.6 Å². The third-order valence-electron chi connectivity index (χ3n) is 4.48. The molecule has 1 fully saturated rings. The molecule has 0 bridgehead atoms. The van der Waals surface area contributed by atoms with Crippen LogP contribution in [0.1, 0.15) is 11.1 Å². The molecule has 5 nitrogen and oxygen atoms in total. The summed E-state index contributed by atoms with van der Waals surface area (Å²) < 4.78 is 1.52. The van der Waals surface area contributed by atoms with E-state index in [0.717, 1.165) is 31.7 Å². The normalized spacial score (nSPS) is 16.4. The zero-order valence-corrected chi connectivity index (χ0v) is 14.5. The van der Waals surface area contributed by atoms with Crippen molar-refractivity contribution in [1.29, 1.82) is 0 Å². The number of benzene rings is 1. The molecular weight excluding hydrogens is 326 g/mol. The van der Waals surface area contributed by atoms with Gasteiger partial charge in [0.15, 0.2) is 5.75 Å². The summed E-state index contributed by atoms with van der Waals surface area (Å²) >= 11 is 5.88. The molecule has 1 aromatic heterocycles. The first kappa shape index (κ1) is 17.0. The highest BCUT2D eigenvalue weighted by Gasteiger charge is 2.17. The van der Waals surface area contributed by atoms with Gasteiger partial charge in [-0.3, -0.25) is 9.69 Å². The first-order chi connectivity index (χ1) is 11.5. The van der Waals surface area contributed by atoms with E-state index in [-0.39, 0.29) is 11.3 Å². The minimum atomic E-state index is -0.350. The van der Waals surface area contributed by atoms with Gasteiger partial charge in [0.05, 0.1) is 6.54 Å². The van der Waals surface area contributed by atoms with Gasteiger partial charge < -0.3 is 14.6 Å². The predicted molar refractivity (Wildman–Crippen MR) is 95.7 cm³/mol. The lowest BCUT2D eigenvalue weighted by molar-refractivity contribution is 0.147. The molecule has 0 atom stereocenters. The zero-order valence-electron chi connectivity index (χ0n) is 13.8. The minimum Gasteiger partial charge on any atom is -0.503 e. The van der Waals surface area contributed by atoms with E-state index in [4.69, 9.17) is 11.6 Å². The van der Waals surface area contributed by atoms with Crippen molar-refractivity contribution < 1.29 is 5.11 Å². The van der Waals surface area contributed by atoms with Crippen molar-refractivity contribution in [2.45, 2.75) is 13.1 Å². The van der Waals surface area contributed by atoms with Gasteiger partial charge in [0.1, 0.15) is 0 Å².